The minimum atomic E-state index is 0.0434. The zero-order valence-corrected chi connectivity index (χ0v) is 12.0. The monoisotopic (exact) mass is 278 g/mol. The molecule has 0 radical (unpaired) electrons. The summed E-state index contributed by atoms with van der Waals surface area (Å²) in [6, 6.07) is 19.7. The van der Waals surface area contributed by atoms with E-state index in [9.17, 15) is 4.79 Å². The van der Waals surface area contributed by atoms with Gasteiger partial charge in [0.2, 0.25) is 0 Å². The van der Waals surface area contributed by atoms with Gasteiger partial charge in [-0.1, -0.05) is 61.9 Å². The van der Waals surface area contributed by atoms with Crippen LogP contribution in [0.5, 0.6) is 0 Å². The summed E-state index contributed by atoms with van der Waals surface area (Å²) in [5.74, 6) is 0. The van der Waals surface area contributed by atoms with E-state index in [1.165, 1.54) is 0 Å². The zero-order chi connectivity index (χ0) is 14.7. The lowest BCUT2D eigenvalue weighted by Gasteiger charge is -2.02. The summed E-state index contributed by atoms with van der Waals surface area (Å²) >= 11 is 0. The highest BCUT2D eigenvalue weighted by atomic mass is 16.1. The van der Waals surface area contributed by atoms with Gasteiger partial charge in [0.05, 0.1) is 11.4 Å². The van der Waals surface area contributed by atoms with E-state index in [0.29, 0.717) is 0 Å². The summed E-state index contributed by atoms with van der Waals surface area (Å²) in [6.07, 6.45) is 1.72. The summed E-state index contributed by atoms with van der Waals surface area (Å²) in [6.45, 7) is 2.09. The summed E-state index contributed by atoms with van der Waals surface area (Å²) in [5.41, 5.74) is 3.73. The molecule has 0 saturated heterocycles. The maximum atomic E-state index is 12.7. The summed E-state index contributed by atoms with van der Waals surface area (Å²) in [4.78, 5) is 12.7. The smallest absolute Gasteiger partial charge is 0.275 e. The van der Waals surface area contributed by atoms with E-state index >= 15 is 0 Å². The number of nitrogens with one attached hydrogen (secondary N) is 1. The Labute approximate surface area is 123 Å². The average molecular weight is 278 g/mol. The first-order chi connectivity index (χ1) is 10.3. The van der Waals surface area contributed by atoms with E-state index in [1.807, 2.05) is 60.7 Å². The predicted molar refractivity (Wildman–Crippen MR) is 85.8 cm³/mol. The van der Waals surface area contributed by atoms with Crippen molar-refractivity contribution in [2.24, 2.45) is 0 Å². The minimum Gasteiger partial charge on any atom is -0.290 e. The fourth-order valence-electron chi connectivity index (χ4n) is 2.56. The van der Waals surface area contributed by atoms with Gasteiger partial charge in [0.25, 0.3) is 5.56 Å². The van der Waals surface area contributed by atoms with Crippen molar-refractivity contribution in [1.29, 1.82) is 0 Å². The van der Waals surface area contributed by atoms with Crippen LogP contribution in [0.2, 0.25) is 0 Å². The Bertz CT molecular complexity index is 770. The number of hydrogen-bond donors (Lipinski definition) is 1. The van der Waals surface area contributed by atoms with Crippen molar-refractivity contribution < 1.29 is 0 Å². The van der Waals surface area contributed by atoms with Crippen LogP contribution >= 0.6 is 0 Å². The maximum Gasteiger partial charge on any atom is 0.275 e. The molecule has 2 aromatic carbocycles. The van der Waals surface area contributed by atoms with Crippen LogP contribution in [0.4, 0.5) is 0 Å². The van der Waals surface area contributed by atoms with E-state index in [0.717, 1.165) is 35.3 Å². The number of benzene rings is 2. The Balaban J connectivity index is 2.19. The first-order valence-corrected chi connectivity index (χ1v) is 7.26. The SMILES string of the molecule is CCCc1c(-c2ccccc2)[nH]n(-c2ccccc2)c1=O. The predicted octanol–water partition coefficient (Wildman–Crippen LogP) is 3.79. The molecule has 106 valence electrons. The number of rotatable bonds is 4. The first kappa shape index (κ1) is 13.4. The van der Waals surface area contributed by atoms with Crippen LogP contribution in [-0.2, 0) is 6.42 Å². The van der Waals surface area contributed by atoms with Crippen molar-refractivity contribution in [2.75, 3.05) is 0 Å². The quantitative estimate of drug-likeness (QED) is 0.774. The second-order valence-corrected chi connectivity index (χ2v) is 5.06. The van der Waals surface area contributed by atoms with Gasteiger partial charge in [0, 0.05) is 5.56 Å². The van der Waals surface area contributed by atoms with Crippen LogP contribution in [0.1, 0.15) is 18.9 Å². The van der Waals surface area contributed by atoms with Gasteiger partial charge in [0.1, 0.15) is 0 Å². The molecule has 1 N–H and O–H groups in total. The van der Waals surface area contributed by atoms with Crippen molar-refractivity contribution in [3.05, 3.63) is 76.6 Å². The molecule has 3 nitrogen and oxygen atoms in total. The lowest BCUT2D eigenvalue weighted by molar-refractivity contribution is 0.842. The fraction of sp³-hybridized carbons (Fsp3) is 0.167. The van der Waals surface area contributed by atoms with Crippen LogP contribution < -0.4 is 5.56 Å². The molecule has 0 aliphatic heterocycles. The summed E-state index contributed by atoms with van der Waals surface area (Å²) < 4.78 is 1.63. The Morgan fingerprint density at radius 1 is 0.952 bits per heavy atom. The lowest BCUT2D eigenvalue weighted by Crippen LogP contribution is -2.17. The molecule has 0 aliphatic carbocycles. The second-order valence-electron chi connectivity index (χ2n) is 5.06. The molecule has 0 saturated carbocycles. The van der Waals surface area contributed by atoms with Crippen molar-refractivity contribution >= 4 is 0 Å². The maximum absolute atomic E-state index is 12.7. The first-order valence-electron chi connectivity index (χ1n) is 7.26. The Morgan fingerprint density at radius 2 is 1.57 bits per heavy atom. The zero-order valence-electron chi connectivity index (χ0n) is 12.0. The highest BCUT2D eigenvalue weighted by molar-refractivity contribution is 5.63. The van der Waals surface area contributed by atoms with Crippen LogP contribution in [0.3, 0.4) is 0 Å². The number of aromatic nitrogens is 2. The van der Waals surface area contributed by atoms with Crippen molar-refractivity contribution in [2.45, 2.75) is 19.8 Å². The molecule has 0 spiro atoms. The van der Waals surface area contributed by atoms with Gasteiger partial charge >= 0.3 is 0 Å². The van der Waals surface area contributed by atoms with Gasteiger partial charge in [-0.2, -0.15) is 0 Å². The normalized spacial score (nSPS) is 10.7. The van der Waals surface area contributed by atoms with E-state index in [4.69, 9.17) is 0 Å². The van der Waals surface area contributed by atoms with E-state index in [2.05, 4.69) is 12.0 Å². The van der Waals surface area contributed by atoms with E-state index in [1.54, 1.807) is 4.68 Å². The molecule has 0 atom stereocenters. The second kappa shape index (κ2) is 5.83. The largest absolute Gasteiger partial charge is 0.290 e. The van der Waals surface area contributed by atoms with Gasteiger partial charge in [-0.3, -0.25) is 9.89 Å². The molecule has 1 heterocycles. The average Bonchev–Trinajstić information content (AvgIpc) is 2.87. The standard InChI is InChI=1S/C18H18N2O/c1-2-9-16-17(14-10-5-3-6-11-14)19-20(18(16)21)15-12-7-4-8-13-15/h3-8,10-13,19H,2,9H2,1H3. The molecule has 0 aliphatic rings. The number of aromatic amines is 1. The molecule has 21 heavy (non-hydrogen) atoms. The topological polar surface area (TPSA) is 37.8 Å². The minimum absolute atomic E-state index is 0.0434. The fourth-order valence-corrected chi connectivity index (χ4v) is 2.56. The molecule has 1 aromatic heterocycles. The number of para-hydroxylation sites is 1. The summed E-state index contributed by atoms with van der Waals surface area (Å²) in [5, 5.41) is 3.27. The molecular formula is C18H18N2O. The molecule has 0 amide bonds. The third-order valence-electron chi connectivity index (χ3n) is 3.56. The molecule has 3 aromatic rings. The molecule has 0 bridgehead atoms. The Hall–Kier alpha value is -2.55. The van der Waals surface area contributed by atoms with Crippen molar-refractivity contribution in [1.82, 2.24) is 9.78 Å². The number of hydrogen-bond acceptors (Lipinski definition) is 1. The van der Waals surface area contributed by atoms with E-state index < -0.39 is 0 Å². The molecule has 0 fully saturated rings. The van der Waals surface area contributed by atoms with Crippen LogP contribution in [0, 0.1) is 0 Å². The molecule has 3 heteroatoms. The highest BCUT2D eigenvalue weighted by Gasteiger charge is 2.15. The third-order valence-corrected chi connectivity index (χ3v) is 3.56. The molecule has 3 rings (SSSR count). The molecular weight excluding hydrogens is 260 g/mol. The van der Waals surface area contributed by atoms with Gasteiger partial charge < -0.3 is 0 Å². The third kappa shape index (κ3) is 2.55. The Morgan fingerprint density at radius 3 is 2.19 bits per heavy atom. The van der Waals surface area contributed by atoms with Gasteiger partial charge in [-0.25, -0.2) is 4.68 Å². The van der Waals surface area contributed by atoms with Crippen LogP contribution in [-0.4, -0.2) is 9.78 Å². The number of H-pyrrole nitrogens is 1. The Kier molecular flexibility index (Phi) is 3.73. The van der Waals surface area contributed by atoms with Crippen molar-refractivity contribution in [3.63, 3.8) is 0 Å². The van der Waals surface area contributed by atoms with Crippen LogP contribution in [0.25, 0.3) is 16.9 Å². The lowest BCUT2D eigenvalue weighted by atomic mass is 10.1. The van der Waals surface area contributed by atoms with E-state index in [-0.39, 0.29) is 5.56 Å². The highest BCUT2D eigenvalue weighted by Crippen LogP contribution is 2.21. The number of nitrogens with zero attached hydrogens (tertiary/aromatic N) is 1. The summed E-state index contributed by atoms with van der Waals surface area (Å²) in [7, 11) is 0. The van der Waals surface area contributed by atoms with Crippen LogP contribution in [0.15, 0.2) is 65.5 Å². The van der Waals surface area contributed by atoms with Gasteiger partial charge in [-0.05, 0) is 24.1 Å². The molecule has 0 unspecified atom stereocenters. The van der Waals surface area contributed by atoms with Gasteiger partial charge in [0.15, 0.2) is 0 Å². The van der Waals surface area contributed by atoms with Gasteiger partial charge in [-0.15, -0.1) is 0 Å². The van der Waals surface area contributed by atoms with Crippen molar-refractivity contribution in [3.8, 4) is 16.9 Å².